The number of carbonyl (C=O) groups excluding carboxylic acids is 1. The van der Waals surface area contributed by atoms with Crippen LogP contribution in [0.1, 0.15) is 10.4 Å². The van der Waals surface area contributed by atoms with Crippen molar-refractivity contribution in [2.45, 2.75) is 0 Å². The predicted octanol–water partition coefficient (Wildman–Crippen LogP) is 1.26. The van der Waals surface area contributed by atoms with Crippen molar-refractivity contribution >= 4 is 6.29 Å². The van der Waals surface area contributed by atoms with Gasteiger partial charge in [-0.2, -0.15) is 0 Å². The van der Waals surface area contributed by atoms with Crippen LogP contribution in [0, 0.1) is 5.82 Å². The predicted molar refractivity (Wildman–Crippen MR) is 71.2 cm³/mol. The number of benzene rings is 1. The summed E-state index contributed by atoms with van der Waals surface area (Å²) in [6, 6.07) is 4.25. The molecule has 0 unspecified atom stereocenters. The van der Waals surface area contributed by atoms with Gasteiger partial charge in [-0.15, -0.1) is 0 Å². The number of piperazine rings is 1. The first-order valence-electron chi connectivity index (χ1n) is 6.47. The molecule has 0 saturated carbocycles. The van der Waals surface area contributed by atoms with Crippen LogP contribution in [0.5, 0.6) is 5.75 Å². The van der Waals surface area contributed by atoms with E-state index >= 15 is 0 Å². The summed E-state index contributed by atoms with van der Waals surface area (Å²) in [6.07, 6.45) is 0.622. The van der Waals surface area contributed by atoms with Crippen molar-refractivity contribution in [3.8, 4) is 5.75 Å². The molecule has 0 atom stereocenters. The standard InChI is InChI=1S/C14H19FN2O2/c1-16-4-6-17(7-5-16)8-9-19-14-3-2-12(11-18)10-13(14)15/h2-3,10-11H,4-9H2,1H3. The van der Waals surface area contributed by atoms with Crippen LogP contribution in [-0.2, 0) is 0 Å². The number of hydrogen-bond donors (Lipinski definition) is 0. The van der Waals surface area contributed by atoms with E-state index in [2.05, 4.69) is 16.8 Å². The molecule has 1 heterocycles. The fraction of sp³-hybridized carbons (Fsp3) is 0.500. The highest BCUT2D eigenvalue weighted by atomic mass is 19.1. The highest BCUT2D eigenvalue weighted by Crippen LogP contribution is 2.17. The molecule has 0 spiro atoms. The molecule has 1 fully saturated rings. The van der Waals surface area contributed by atoms with E-state index in [0.717, 1.165) is 32.7 Å². The smallest absolute Gasteiger partial charge is 0.165 e. The molecular formula is C14H19FN2O2. The molecule has 1 aromatic carbocycles. The Labute approximate surface area is 112 Å². The van der Waals surface area contributed by atoms with Gasteiger partial charge in [-0.1, -0.05) is 0 Å². The molecule has 2 rings (SSSR count). The number of carbonyl (C=O) groups is 1. The fourth-order valence-electron chi connectivity index (χ4n) is 2.06. The third kappa shape index (κ3) is 4.01. The Bertz CT molecular complexity index is 431. The van der Waals surface area contributed by atoms with Crippen molar-refractivity contribution in [1.82, 2.24) is 9.80 Å². The number of aldehydes is 1. The second-order valence-corrected chi connectivity index (χ2v) is 4.80. The van der Waals surface area contributed by atoms with E-state index in [-0.39, 0.29) is 5.75 Å². The van der Waals surface area contributed by atoms with Crippen LogP contribution >= 0.6 is 0 Å². The highest BCUT2D eigenvalue weighted by molar-refractivity contribution is 5.74. The van der Waals surface area contributed by atoms with Gasteiger partial charge in [0.15, 0.2) is 11.6 Å². The molecule has 19 heavy (non-hydrogen) atoms. The summed E-state index contributed by atoms with van der Waals surface area (Å²) in [6.45, 7) is 5.41. The van der Waals surface area contributed by atoms with Crippen molar-refractivity contribution in [2.75, 3.05) is 46.4 Å². The van der Waals surface area contributed by atoms with Crippen LogP contribution in [0.3, 0.4) is 0 Å². The molecule has 0 radical (unpaired) electrons. The minimum atomic E-state index is -0.483. The normalized spacial score (nSPS) is 17.4. The summed E-state index contributed by atoms with van der Waals surface area (Å²) >= 11 is 0. The number of ether oxygens (including phenoxy) is 1. The van der Waals surface area contributed by atoms with Crippen LogP contribution in [0.25, 0.3) is 0 Å². The Balaban J connectivity index is 1.78. The Hall–Kier alpha value is -1.46. The zero-order valence-electron chi connectivity index (χ0n) is 11.1. The van der Waals surface area contributed by atoms with Crippen LogP contribution < -0.4 is 4.74 Å². The van der Waals surface area contributed by atoms with Crippen LogP contribution in [0.15, 0.2) is 18.2 Å². The number of halogens is 1. The maximum Gasteiger partial charge on any atom is 0.165 e. The second kappa shape index (κ2) is 6.63. The number of nitrogens with zero attached hydrogens (tertiary/aromatic N) is 2. The van der Waals surface area contributed by atoms with Crippen molar-refractivity contribution in [3.63, 3.8) is 0 Å². The van der Waals surface area contributed by atoms with E-state index in [0.29, 0.717) is 18.5 Å². The molecule has 104 valence electrons. The summed E-state index contributed by atoms with van der Waals surface area (Å²) in [5.74, 6) is -0.275. The molecule has 0 aromatic heterocycles. The first-order chi connectivity index (χ1) is 9.19. The SMILES string of the molecule is CN1CCN(CCOc2ccc(C=O)cc2F)CC1. The van der Waals surface area contributed by atoms with Crippen molar-refractivity contribution in [3.05, 3.63) is 29.6 Å². The van der Waals surface area contributed by atoms with E-state index in [1.165, 1.54) is 12.1 Å². The molecule has 0 amide bonds. The van der Waals surface area contributed by atoms with E-state index in [1.807, 2.05) is 0 Å². The van der Waals surface area contributed by atoms with Crippen molar-refractivity contribution in [2.24, 2.45) is 0 Å². The third-order valence-electron chi connectivity index (χ3n) is 3.35. The van der Waals surface area contributed by atoms with Gasteiger partial charge >= 0.3 is 0 Å². The highest BCUT2D eigenvalue weighted by Gasteiger charge is 2.13. The van der Waals surface area contributed by atoms with Gasteiger partial charge in [0.2, 0.25) is 0 Å². The molecule has 5 heteroatoms. The van der Waals surface area contributed by atoms with Crippen molar-refractivity contribution in [1.29, 1.82) is 0 Å². The second-order valence-electron chi connectivity index (χ2n) is 4.80. The fourth-order valence-corrected chi connectivity index (χ4v) is 2.06. The molecule has 1 aliphatic rings. The lowest BCUT2D eigenvalue weighted by atomic mass is 10.2. The largest absolute Gasteiger partial charge is 0.489 e. The van der Waals surface area contributed by atoms with Gasteiger partial charge in [0.05, 0.1) is 0 Å². The molecule has 0 N–H and O–H groups in total. The Kier molecular flexibility index (Phi) is 4.87. The zero-order valence-corrected chi connectivity index (χ0v) is 11.1. The first kappa shape index (κ1) is 14.0. The number of rotatable bonds is 5. The molecule has 0 bridgehead atoms. The lowest BCUT2D eigenvalue weighted by Gasteiger charge is -2.32. The van der Waals surface area contributed by atoms with Gasteiger partial charge in [-0.3, -0.25) is 9.69 Å². The quantitative estimate of drug-likeness (QED) is 0.751. The molecule has 0 aliphatic carbocycles. The van der Waals surface area contributed by atoms with E-state index in [9.17, 15) is 9.18 Å². The Morgan fingerprint density at radius 3 is 2.68 bits per heavy atom. The molecule has 4 nitrogen and oxygen atoms in total. The average molecular weight is 266 g/mol. The van der Waals surface area contributed by atoms with Gasteiger partial charge in [0.1, 0.15) is 12.9 Å². The van der Waals surface area contributed by atoms with Crippen molar-refractivity contribution < 1.29 is 13.9 Å². The van der Waals surface area contributed by atoms with Gasteiger partial charge in [-0.05, 0) is 25.2 Å². The Morgan fingerprint density at radius 2 is 2.05 bits per heavy atom. The lowest BCUT2D eigenvalue weighted by Crippen LogP contribution is -2.45. The first-order valence-corrected chi connectivity index (χ1v) is 6.47. The van der Waals surface area contributed by atoms with Crippen LogP contribution in [0.4, 0.5) is 4.39 Å². The minimum Gasteiger partial charge on any atom is -0.489 e. The summed E-state index contributed by atoms with van der Waals surface area (Å²) in [5.41, 5.74) is 0.323. The molecular weight excluding hydrogens is 247 g/mol. The summed E-state index contributed by atoms with van der Waals surface area (Å²) < 4.78 is 19.0. The summed E-state index contributed by atoms with van der Waals surface area (Å²) in [7, 11) is 2.11. The molecule has 1 aliphatic heterocycles. The molecule has 1 aromatic rings. The van der Waals surface area contributed by atoms with Gasteiger partial charge < -0.3 is 9.64 Å². The average Bonchev–Trinajstić information content (AvgIpc) is 2.42. The molecule has 1 saturated heterocycles. The third-order valence-corrected chi connectivity index (χ3v) is 3.35. The maximum atomic E-state index is 13.5. The zero-order chi connectivity index (χ0) is 13.7. The van der Waals surface area contributed by atoms with E-state index < -0.39 is 5.82 Å². The van der Waals surface area contributed by atoms with E-state index in [4.69, 9.17) is 4.74 Å². The van der Waals surface area contributed by atoms with Crippen LogP contribution in [-0.4, -0.2) is 62.5 Å². The number of hydrogen-bond acceptors (Lipinski definition) is 4. The summed E-state index contributed by atoms with van der Waals surface area (Å²) in [4.78, 5) is 15.1. The Morgan fingerprint density at radius 1 is 1.32 bits per heavy atom. The monoisotopic (exact) mass is 266 g/mol. The van der Waals surface area contributed by atoms with Gasteiger partial charge in [-0.25, -0.2) is 4.39 Å². The number of likely N-dealkylation sites (N-methyl/N-ethyl adjacent to an activating group) is 1. The maximum absolute atomic E-state index is 13.5. The lowest BCUT2D eigenvalue weighted by molar-refractivity contribution is 0.112. The van der Waals surface area contributed by atoms with Crippen LogP contribution in [0.2, 0.25) is 0 Å². The van der Waals surface area contributed by atoms with E-state index in [1.54, 1.807) is 6.07 Å². The van der Waals surface area contributed by atoms with Gasteiger partial charge in [0, 0.05) is 38.3 Å². The topological polar surface area (TPSA) is 32.8 Å². The minimum absolute atomic E-state index is 0.208. The van der Waals surface area contributed by atoms with Gasteiger partial charge in [0.25, 0.3) is 0 Å². The summed E-state index contributed by atoms with van der Waals surface area (Å²) in [5, 5.41) is 0.